The van der Waals surface area contributed by atoms with E-state index < -0.39 is 11.9 Å². The van der Waals surface area contributed by atoms with Crippen molar-refractivity contribution in [2.75, 3.05) is 7.05 Å². The van der Waals surface area contributed by atoms with Crippen LogP contribution in [0.4, 0.5) is 4.39 Å². The number of carbonyl (C=O) groups excluding carboxylic acids is 2. The lowest BCUT2D eigenvalue weighted by Crippen LogP contribution is -2.47. The molecule has 0 radical (unpaired) electrons. The summed E-state index contributed by atoms with van der Waals surface area (Å²) in [6.07, 6.45) is 0.0797. The molecule has 0 spiro atoms. The molecule has 6 heteroatoms. The van der Waals surface area contributed by atoms with Gasteiger partial charge in [-0.15, -0.1) is 0 Å². The first-order valence-electron chi connectivity index (χ1n) is 7.91. The maximum Gasteiger partial charge on any atom is 0.242 e. The summed E-state index contributed by atoms with van der Waals surface area (Å²) in [5.74, 6) is -0.996. The Labute approximate surface area is 151 Å². The highest BCUT2D eigenvalue weighted by Gasteiger charge is 2.26. The number of hydrogen-bond acceptors (Lipinski definition) is 2. The number of nitrogens with zero attached hydrogens (tertiary/aromatic N) is 1. The van der Waals surface area contributed by atoms with Gasteiger partial charge in [0.1, 0.15) is 11.9 Å². The molecule has 0 fully saturated rings. The van der Waals surface area contributed by atoms with E-state index in [1.165, 1.54) is 18.0 Å². The number of hydrogen-bond donors (Lipinski definition) is 1. The summed E-state index contributed by atoms with van der Waals surface area (Å²) >= 11 is 5.96. The molecule has 1 unspecified atom stereocenters. The molecule has 4 nitrogen and oxygen atoms in total. The third-order valence-electron chi connectivity index (χ3n) is 3.96. The molecule has 0 aliphatic rings. The van der Waals surface area contributed by atoms with Crippen LogP contribution in [-0.4, -0.2) is 29.8 Å². The van der Waals surface area contributed by atoms with Gasteiger partial charge in [0.25, 0.3) is 0 Å². The fraction of sp³-hybridized carbons (Fsp3) is 0.263. The van der Waals surface area contributed by atoms with E-state index in [2.05, 4.69) is 5.32 Å². The number of amides is 2. The SMILES string of the molecule is CNC(=O)C(C)N(Cc1ccccc1F)C(=O)Cc1cccc(Cl)c1. The molecular weight excluding hydrogens is 343 g/mol. The van der Waals surface area contributed by atoms with Crippen LogP contribution in [0.3, 0.4) is 0 Å². The van der Waals surface area contributed by atoms with Gasteiger partial charge < -0.3 is 10.2 Å². The molecule has 1 atom stereocenters. The van der Waals surface area contributed by atoms with E-state index in [4.69, 9.17) is 11.6 Å². The Hall–Kier alpha value is -2.40. The van der Waals surface area contributed by atoms with Gasteiger partial charge in [-0.3, -0.25) is 9.59 Å². The standard InChI is InChI=1S/C19H20ClFN2O2/c1-13(19(25)22-2)23(12-15-7-3-4-9-17(15)21)18(24)11-14-6-5-8-16(20)10-14/h3-10,13H,11-12H2,1-2H3,(H,22,25). The van der Waals surface area contributed by atoms with E-state index in [0.29, 0.717) is 10.6 Å². The van der Waals surface area contributed by atoms with Crippen LogP contribution in [0.15, 0.2) is 48.5 Å². The van der Waals surface area contributed by atoms with Gasteiger partial charge in [-0.2, -0.15) is 0 Å². The first-order chi connectivity index (χ1) is 11.9. The van der Waals surface area contributed by atoms with Gasteiger partial charge in [-0.1, -0.05) is 41.9 Å². The van der Waals surface area contributed by atoms with Crippen LogP contribution in [0.5, 0.6) is 0 Å². The highest BCUT2D eigenvalue weighted by Crippen LogP contribution is 2.16. The maximum absolute atomic E-state index is 14.0. The molecular formula is C19H20ClFN2O2. The van der Waals surface area contributed by atoms with Crippen LogP contribution >= 0.6 is 11.6 Å². The molecule has 0 aliphatic carbocycles. The molecule has 0 bridgehead atoms. The van der Waals surface area contributed by atoms with Crippen LogP contribution < -0.4 is 5.32 Å². The maximum atomic E-state index is 14.0. The van der Waals surface area contributed by atoms with Gasteiger partial charge >= 0.3 is 0 Å². The van der Waals surface area contributed by atoms with Crippen LogP contribution in [0, 0.1) is 5.82 Å². The minimum absolute atomic E-state index is 0.0145. The van der Waals surface area contributed by atoms with E-state index in [0.717, 1.165) is 5.56 Å². The molecule has 2 aromatic carbocycles. The fourth-order valence-electron chi connectivity index (χ4n) is 2.52. The van der Waals surface area contributed by atoms with Gasteiger partial charge in [0, 0.05) is 24.2 Å². The second-order valence-electron chi connectivity index (χ2n) is 5.71. The van der Waals surface area contributed by atoms with E-state index in [9.17, 15) is 14.0 Å². The monoisotopic (exact) mass is 362 g/mol. The van der Waals surface area contributed by atoms with Gasteiger partial charge in [-0.25, -0.2) is 4.39 Å². The Morgan fingerprint density at radius 3 is 2.56 bits per heavy atom. The Bertz CT molecular complexity index is 767. The van der Waals surface area contributed by atoms with Crippen molar-refractivity contribution in [1.29, 1.82) is 0 Å². The number of halogens is 2. The number of carbonyl (C=O) groups is 2. The second-order valence-corrected chi connectivity index (χ2v) is 6.15. The molecule has 132 valence electrons. The minimum atomic E-state index is -0.726. The smallest absolute Gasteiger partial charge is 0.242 e. The summed E-state index contributed by atoms with van der Waals surface area (Å²) in [4.78, 5) is 26.2. The third kappa shape index (κ3) is 5.03. The molecule has 0 saturated heterocycles. The van der Waals surface area contributed by atoms with E-state index in [-0.39, 0.29) is 24.8 Å². The zero-order chi connectivity index (χ0) is 18.4. The Balaban J connectivity index is 2.25. The zero-order valence-corrected chi connectivity index (χ0v) is 14.9. The van der Waals surface area contributed by atoms with Crippen molar-refractivity contribution >= 4 is 23.4 Å². The molecule has 25 heavy (non-hydrogen) atoms. The average molecular weight is 363 g/mol. The third-order valence-corrected chi connectivity index (χ3v) is 4.19. The minimum Gasteiger partial charge on any atom is -0.357 e. The topological polar surface area (TPSA) is 49.4 Å². The Kier molecular flexibility index (Phi) is 6.53. The van der Waals surface area contributed by atoms with Crippen LogP contribution in [0.2, 0.25) is 5.02 Å². The zero-order valence-electron chi connectivity index (χ0n) is 14.1. The van der Waals surface area contributed by atoms with Crippen molar-refractivity contribution in [2.24, 2.45) is 0 Å². The first kappa shape index (κ1) is 18.9. The Morgan fingerprint density at radius 1 is 1.20 bits per heavy atom. The lowest BCUT2D eigenvalue weighted by atomic mass is 10.1. The molecule has 2 rings (SSSR count). The van der Waals surface area contributed by atoms with Crippen molar-refractivity contribution in [3.63, 3.8) is 0 Å². The summed E-state index contributed by atoms with van der Waals surface area (Å²) in [6, 6.07) is 12.5. The number of benzene rings is 2. The van der Waals surface area contributed by atoms with Gasteiger partial charge in [-0.05, 0) is 30.7 Å². The average Bonchev–Trinajstić information content (AvgIpc) is 2.59. The van der Waals surface area contributed by atoms with Crippen molar-refractivity contribution in [3.05, 3.63) is 70.5 Å². The summed E-state index contributed by atoms with van der Waals surface area (Å²) in [5.41, 5.74) is 1.10. The summed E-state index contributed by atoms with van der Waals surface area (Å²) in [5, 5.41) is 3.06. The lowest BCUT2D eigenvalue weighted by Gasteiger charge is -2.28. The van der Waals surface area contributed by atoms with Gasteiger partial charge in [0.2, 0.25) is 11.8 Å². The number of rotatable bonds is 6. The summed E-state index contributed by atoms with van der Waals surface area (Å²) in [7, 11) is 1.50. The predicted molar refractivity (Wildman–Crippen MR) is 95.6 cm³/mol. The van der Waals surface area contributed by atoms with Crippen molar-refractivity contribution in [1.82, 2.24) is 10.2 Å². The van der Waals surface area contributed by atoms with Gasteiger partial charge in [0.15, 0.2) is 0 Å². The summed E-state index contributed by atoms with van der Waals surface area (Å²) < 4.78 is 14.0. The van der Waals surface area contributed by atoms with Crippen molar-refractivity contribution in [3.8, 4) is 0 Å². The van der Waals surface area contributed by atoms with E-state index >= 15 is 0 Å². The lowest BCUT2D eigenvalue weighted by molar-refractivity contribution is -0.139. The molecule has 2 amide bonds. The number of nitrogens with one attached hydrogen (secondary N) is 1. The molecule has 2 aromatic rings. The van der Waals surface area contributed by atoms with E-state index in [1.807, 2.05) is 0 Å². The van der Waals surface area contributed by atoms with Gasteiger partial charge in [0.05, 0.1) is 6.42 Å². The highest BCUT2D eigenvalue weighted by molar-refractivity contribution is 6.30. The molecule has 0 saturated carbocycles. The summed E-state index contributed by atoms with van der Waals surface area (Å²) in [6.45, 7) is 1.64. The predicted octanol–water partition coefficient (Wildman–Crippen LogP) is 3.18. The molecule has 0 heterocycles. The van der Waals surface area contributed by atoms with Crippen molar-refractivity contribution < 1.29 is 14.0 Å². The van der Waals surface area contributed by atoms with Crippen LogP contribution in [-0.2, 0) is 22.6 Å². The highest BCUT2D eigenvalue weighted by atomic mass is 35.5. The van der Waals surface area contributed by atoms with Crippen LogP contribution in [0.25, 0.3) is 0 Å². The largest absolute Gasteiger partial charge is 0.357 e. The fourth-order valence-corrected chi connectivity index (χ4v) is 2.74. The quantitative estimate of drug-likeness (QED) is 0.858. The van der Waals surface area contributed by atoms with Crippen molar-refractivity contribution in [2.45, 2.75) is 25.9 Å². The normalized spacial score (nSPS) is 11.7. The molecule has 0 aromatic heterocycles. The molecule has 0 aliphatic heterocycles. The molecule has 1 N–H and O–H groups in total. The second kappa shape index (κ2) is 8.62. The Morgan fingerprint density at radius 2 is 1.92 bits per heavy atom. The van der Waals surface area contributed by atoms with Crippen LogP contribution in [0.1, 0.15) is 18.1 Å². The van der Waals surface area contributed by atoms with E-state index in [1.54, 1.807) is 49.4 Å². The first-order valence-corrected chi connectivity index (χ1v) is 8.29. The number of likely N-dealkylation sites (N-methyl/N-ethyl adjacent to an activating group) is 1.